The summed E-state index contributed by atoms with van der Waals surface area (Å²) >= 11 is 0. The van der Waals surface area contributed by atoms with Crippen LogP contribution < -0.4 is 14.8 Å². The van der Waals surface area contributed by atoms with E-state index in [-0.39, 0.29) is 18.0 Å². The molecule has 0 unspecified atom stereocenters. The Kier molecular flexibility index (Phi) is 6.84. The Bertz CT molecular complexity index is 868. The van der Waals surface area contributed by atoms with Crippen LogP contribution in [-0.4, -0.2) is 37.1 Å². The fourth-order valence-electron chi connectivity index (χ4n) is 2.00. The molecule has 0 aliphatic carbocycles. The number of nitro groups is 1. The number of esters is 1. The van der Waals surface area contributed by atoms with E-state index in [1.807, 2.05) is 0 Å². The molecule has 12 heteroatoms. The molecule has 1 aromatic heterocycles. The van der Waals surface area contributed by atoms with Crippen molar-refractivity contribution in [2.75, 3.05) is 13.7 Å². The Balaban J connectivity index is 1.84. The zero-order chi connectivity index (χ0) is 20.7. The number of amides is 1. The van der Waals surface area contributed by atoms with Gasteiger partial charge in [0.2, 0.25) is 5.76 Å². The highest BCUT2D eigenvalue weighted by molar-refractivity contribution is 5.89. The van der Waals surface area contributed by atoms with Crippen LogP contribution in [0, 0.1) is 10.1 Å². The molecule has 0 aliphatic rings. The first-order valence-corrected chi connectivity index (χ1v) is 7.60. The number of nitrogens with one attached hydrogen (secondary N) is 1. The van der Waals surface area contributed by atoms with E-state index in [0.717, 1.165) is 12.1 Å². The predicted molar refractivity (Wildman–Crippen MR) is 87.1 cm³/mol. The number of rotatable bonds is 9. The van der Waals surface area contributed by atoms with Gasteiger partial charge in [-0.15, -0.1) is 0 Å². The highest BCUT2D eigenvalue weighted by Gasteiger charge is 2.19. The normalized spacial score (nSPS) is 10.4. The number of furan rings is 1. The molecule has 0 saturated carbocycles. The molecule has 150 valence electrons. The number of alkyl halides is 2. The van der Waals surface area contributed by atoms with Crippen LogP contribution in [0.4, 0.5) is 14.7 Å². The summed E-state index contributed by atoms with van der Waals surface area (Å²) in [5, 5.41) is 12.9. The number of carbonyl (C=O) groups excluding carboxylic acids is 2. The molecule has 0 saturated heterocycles. The lowest BCUT2D eigenvalue weighted by molar-refractivity contribution is -0.402. The second-order valence-corrected chi connectivity index (χ2v) is 5.11. The fourth-order valence-corrected chi connectivity index (χ4v) is 2.00. The van der Waals surface area contributed by atoms with E-state index < -0.39 is 41.7 Å². The van der Waals surface area contributed by atoms with E-state index in [1.165, 1.54) is 25.3 Å². The summed E-state index contributed by atoms with van der Waals surface area (Å²) in [5.41, 5.74) is 0.514. The van der Waals surface area contributed by atoms with Crippen LogP contribution in [0.5, 0.6) is 11.5 Å². The third-order valence-electron chi connectivity index (χ3n) is 3.24. The molecule has 1 amide bonds. The van der Waals surface area contributed by atoms with Crippen LogP contribution in [0.25, 0.3) is 0 Å². The van der Waals surface area contributed by atoms with Crippen molar-refractivity contribution in [2.45, 2.75) is 13.2 Å². The van der Waals surface area contributed by atoms with Crippen molar-refractivity contribution < 1.29 is 41.9 Å². The maximum Gasteiger partial charge on any atom is 0.433 e. The minimum atomic E-state index is -3.01. The summed E-state index contributed by atoms with van der Waals surface area (Å²) in [6.07, 6.45) is 0. The average Bonchev–Trinajstić information content (AvgIpc) is 3.15. The molecule has 28 heavy (non-hydrogen) atoms. The molecule has 1 heterocycles. The summed E-state index contributed by atoms with van der Waals surface area (Å²) in [6, 6.07) is 6.12. The average molecular weight is 400 g/mol. The van der Waals surface area contributed by atoms with Gasteiger partial charge in [0.1, 0.15) is 4.92 Å². The van der Waals surface area contributed by atoms with Gasteiger partial charge in [0, 0.05) is 6.54 Å². The summed E-state index contributed by atoms with van der Waals surface area (Å²) in [6.45, 7) is -3.67. The Morgan fingerprint density at radius 2 is 2.00 bits per heavy atom. The van der Waals surface area contributed by atoms with Crippen molar-refractivity contribution in [2.24, 2.45) is 0 Å². The first-order chi connectivity index (χ1) is 13.3. The molecule has 0 fully saturated rings. The fraction of sp³-hybridized carbons (Fsp3) is 0.250. The summed E-state index contributed by atoms with van der Waals surface area (Å²) < 4.78 is 43.1. The number of methoxy groups -OCH3 is 1. The van der Waals surface area contributed by atoms with Crippen LogP contribution in [-0.2, 0) is 16.1 Å². The molecule has 0 radical (unpaired) electrons. The lowest BCUT2D eigenvalue weighted by atomic mass is 10.2. The summed E-state index contributed by atoms with van der Waals surface area (Å²) in [7, 11) is 1.27. The van der Waals surface area contributed by atoms with Gasteiger partial charge in [-0.25, -0.2) is 4.79 Å². The second-order valence-electron chi connectivity index (χ2n) is 5.11. The molecule has 0 spiro atoms. The lowest BCUT2D eigenvalue weighted by Crippen LogP contribution is -2.28. The van der Waals surface area contributed by atoms with E-state index >= 15 is 0 Å². The van der Waals surface area contributed by atoms with Gasteiger partial charge in [0.25, 0.3) is 5.91 Å². The highest BCUT2D eigenvalue weighted by Crippen LogP contribution is 2.29. The zero-order valence-corrected chi connectivity index (χ0v) is 14.3. The van der Waals surface area contributed by atoms with Gasteiger partial charge in [-0.2, -0.15) is 8.78 Å². The van der Waals surface area contributed by atoms with Crippen molar-refractivity contribution in [3.63, 3.8) is 0 Å². The maximum atomic E-state index is 12.3. The van der Waals surface area contributed by atoms with Gasteiger partial charge in [-0.05, 0) is 23.8 Å². The first-order valence-electron chi connectivity index (χ1n) is 7.60. The standard InChI is InChI=1S/C16H14F2N2O8/c1-25-12-6-9(2-3-10(12)28-16(17)18)7-19-13(21)8-26-15(22)11-4-5-14(27-11)20(23)24/h2-6,16H,7-8H2,1H3,(H,19,21). The molecule has 1 N–H and O–H groups in total. The Labute approximate surface area is 156 Å². The number of benzene rings is 1. The molecule has 2 rings (SSSR count). The predicted octanol–water partition coefficient (Wildman–Crippen LogP) is 2.27. The van der Waals surface area contributed by atoms with Gasteiger partial charge in [0.15, 0.2) is 18.1 Å². The Hall–Kier alpha value is -3.70. The van der Waals surface area contributed by atoms with Gasteiger partial charge >= 0.3 is 18.5 Å². The van der Waals surface area contributed by atoms with Crippen LogP contribution in [0.3, 0.4) is 0 Å². The smallest absolute Gasteiger partial charge is 0.433 e. The third kappa shape index (κ3) is 5.65. The first kappa shape index (κ1) is 20.6. The number of ether oxygens (including phenoxy) is 3. The number of hydrogen-bond acceptors (Lipinski definition) is 8. The number of carbonyl (C=O) groups is 2. The van der Waals surface area contributed by atoms with Crippen LogP contribution >= 0.6 is 0 Å². The van der Waals surface area contributed by atoms with Crippen molar-refractivity contribution in [3.8, 4) is 11.5 Å². The second kappa shape index (κ2) is 9.30. The van der Waals surface area contributed by atoms with Gasteiger partial charge in [-0.1, -0.05) is 6.07 Å². The van der Waals surface area contributed by atoms with Crippen LogP contribution in [0.2, 0.25) is 0 Å². The minimum Gasteiger partial charge on any atom is -0.493 e. The van der Waals surface area contributed by atoms with E-state index in [2.05, 4.69) is 19.2 Å². The molecule has 0 aliphatic heterocycles. The molecule has 10 nitrogen and oxygen atoms in total. The van der Waals surface area contributed by atoms with Gasteiger partial charge in [-0.3, -0.25) is 14.9 Å². The number of hydrogen-bond donors (Lipinski definition) is 1. The Morgan fingerprint density at radius 3 is 2.61 bits per heavy atom. The largest absolute Gasteiger partial charge is 0.493 e. The molecule has 0 atom stereocenters. The zero-order valence-electron chi connectivity index (χ0n) is 14.3. The van der Waals surface area contributed by atoms with Gasteiger partial charge < -0.3 is 23.9 Å². The third-order valence-corrected chi connectivity index (χ3v) is 3.24. The summed E-state index contributed by atoms with van der Waals surface area (Å²) in [5.74, 6) is -2.87. The summed E-state index contributed by atoms with van der Waals surface area (Å²) in [4.78, 5) is 33.1. The topological polar surface area (TPSA) is 130 Å². The van der Waals surface area contributed by atoms with Crippen molar-refractivity contribution in [1.82, 2.24) is 5.32 Å². The quantitative estimate of drug-likeness (QED) is 0.385. The van der Waals surface area contributed by atoms with Crippen LogP contribution in [0.15, 0.2) is 34.7 Å². The monoisotopic (exact) mass is 400 g/mol. The van der Waals surface area contributed by atoms with E-state index in [9.17, 15) is 28.5 Å². The van der Waals surface area contributed by atoms with Crippen molar-refractivity contribution >= 4 is 17.8 Å². The molecule has 2 aromatic rings. The highest BCUT2D eigenvalue weighted by atomic mass is 19.3. The van der Waals surface area contributed by atoms with E-state index in [1.54, 1.807) is 0 Å². The molecule has 1 aromatic carbocycles. The molecular weight excluding hydrogens is 386 g/mol. The lowest BCUT2D eigenvalue weighted by Gasteiger charge is -2.12. The Morgan fingerprint density at radius 1 is 1.25 bits per heavy atom. The van der Waals surface area contributed by atoms with E-state index in [4.69, 9.17) is 4.74 Å². The van der Waals surface area contributed by atoms with Gasteiger partial charge in [0.05, 0.1) is 13.2 Å². The SMILES string of the molecule is COc1cc(CNC(=O)COC(=O)c2ccc([N+](=O)[O-])o2)ccc1OC(F)F. The van der Waals surface area contributed by atoms with Crippen molar-refractivity contribution in [3.05, 3.63) is 51.8 Å². The number of halogens is 2. The maximum absolute atomic E-state index is 12.3. The molecular formula is C16H14F2N2O8. The minimum absolute atomic E-state index is 0.00603. The van der Waals surface area contributed by atoms with Crippen LogP contribution in [0.1, 0.15) is 16.1 Å². The molecule has 0 bridgehead atoms. The van der Waals surface area contributed by atoms with E-state index in [0.29, 0.717) is 5.56 Å². The van der Waals surface area contributed by atoms with Crippen molar-refractivity contribution in [1.29, 1.82) is 0 Å². The number of nitrogens with zero attached hydrogens (tertiary/aromatic N) is 1.